The first-order valence-corrected chi connectivity index (χ1v) is 9.83. The van der Waals surface area contributed by atoms with Gasteiger partial charge in [-0.05, 0) is 30.3 Å². The Kier molecular flexibility index (Phi) is 7.31. The normalized spacial score (nSPS) is 14.4. The smallest absolute Gasteiger partial charge is 0.289 e. The van der Waals surface area contributed by atoms with E-state index < -0.39 is 0 Å². The maximum Gasteiger partial charge on any atom is 0.289 e. The Balaban J connectivity index is 1.41. The average Bonchev–Trinajstić information content (AvgIpc) is 3.34. The maximum absolute atomic E-state index is 12.4. The number of carbonyl (C=O) groups is 2. The number of aliphatic imine (C=N–C) groups is 1. The zero-order valence-electron chi connectivity index (χ0n) is 17.3. The molecule has 1 fully saturated rings. The molecular formula is C21H27N5O4. The Morgan fingerprint density at radius 3 is 2.47 bits per heavy atom. The second-order valence-electron chi connectivity index (χ2n) is 6.72. The number of amides is 2. The fraction of sp³-hybridized carbons (Fsp3) is 0.381. The van der Waals surface area contributed by atoms with Gasteiger partial charge >= 0.3 is 0 Å². The van der Waals surface area contributed by atoms with E-state index in [4.69, 9.17) is 9.15 Å². The van der Waals surface area contributed by atoms with E-state index in [0.29, 0.717) is 56.3 Å². The molecule has 9 heteroatoms. The summed E-state index contributed by atoms with van der Waals surface area (Å²) >= 11 is 0. The highest BCUT2D eigenvalue weighted by Crippen LogP contribution is 2.12. The third-order valence-electron chi connectivity index (χ3n) is 4.84. The van der Waals surface area contributed by atoms with Gasteiger partial charge < -0.3 is 29.6 Å². The van der Waals surface area contributed by atoms with Crippen molar-refractivity contribution in [2.24, 2.45) is 4.99 Å². The molecule has 9 nitrogen and oxygen atoms in total. The number of furan rings is 1. The molecule has 0 unspecified atom stereocenters. The Morgan fingerprint density at radius 1 is 1.07 bits per heavy atom. The van der Waals surface area contributed by atoms with E-state index in [1.165, 1.54) is 6.26 Å². The van der Waals surface area contributed by atoms with Crippen molar-refractivity contribution in [3.63, 3.8) is 0 Å². The van der Waals surface area contributed by atoms with Crippen molar-refractivity contribution < 1.29 is 18.7 Å². The number of ether oxygens (including phenoxy) is 1. The zero-order valence-corrected chi connectivity index (χ0v) is 17.3. The average molecular weight is 413 g/mol. The Bertz CT molecular complexity index is 873. The van der Waals surface area contributed by atoms with E-state index in [0.717, 1.165) is 5.96 Å². The van der Waals surface area contributed by atoms with Crippen LogP contribution in [0.2, 0.25) is 0 Å². The van der Waals surface area contributed by atoms with Crippen molar-refractivity contribution in [3.8, 4) is 5.75 Å². The van der Waals surface area contributed by atoms with Crippen LogP contribution in [0.15, 0.2) is 52.1 Å². The summed E-state index contributed by atoms with van der Waals surface area (Å²) in [6.07, 6.45) is 1.50. The summed E-state index contributed by atoms with van der Waals surface area (Å²) in [5.41, 5.74) is 0.552. The molecule has 30 heavy (non-hydrogen) atoms. The van der Waals surface area contributed by atoms with Crippen LogP contribution in [-0.2, 0) is 0 Å². The first-order chi connectivity index (χ1) is 14.6. The molecule has 2 heterocycles. The standard InChI is InChI=1S/C21H27N5O4/c1-22-21(24-9-8-23-19(27)16-5-3-6-17(15-16)29-2)26-12-10-25(11-13-26)20(28)18-7-4-14-30-18/h3-7,14-15H,8-13H2,1-2H3,(H,22,24)(H,23,27). The van der Waals surface area contributed by atoms with Gasteiger partial charge in [0.25, 0.3) is 11.8 Å². The molecule has 1 aromatic heterocycles. The van der Waals surface area contributed by atoms with E-state index in [1.807, 2.05) is 0 Å². The molecule has 0 spiro atoms. The van der Waals surface area contributed by atoms with Crippen LogP contribution in [0.25, 0.3) is 0 Å². The van der Waals surface area contributed by atoms with Crippen LogP contribution >= 0.6 is 0 Å². The topological polar surface area (TPSA) is 99.4 Å². The summed E-state index contributed by atoms with van der Waals surface area (Å²) in [6, 6.07) is 10.4. The van der Waals surface area contributed by atoms with Gasteiger partial charge in [0.15, 0.2) is 11.7 Å². The van der Waals surface area contributed by atoms with E-state index in [1.54, 1.807) is 55.5 Å². The predicted molar refractivity (Wildman–Crippen MR) is 113 cm³/mol. The molecule has 1 saturated heterocycles. The molecule has 0 saturated carbocycles. The molecule has 1 aromatic carbocycles. The number of hydrogen-bond acceptors (Lipinski definition) is 5. The maximum atomic E-state index is 12.4. The van der Waals surface area contributed by atoms with E-state index in [9.17, 15) is 9.59 Å². The lowest BCUT2D eigenvalue weighted by Gasteiger charge is -2.36. The van der Waals surface area contributed by atoms with E-state index >= 15 is 0 Å². The Hall–Kier alpha value is -3.49. The number of hydrogen-bond donors (Lipinski definition) is 2. The van der Waals surface area contributed by atoms with Gasteiger partial charge in [-0.15, -0.1) is 0 Å². The molecule has 2 aromatic rings. The fourth-order valence-corrected chi connectivity index (χ4v) is 3.23. The molecule has 0 bridgehead atoms. The summed E-state index contributed by atoms with van der Waals surface area (Å²) < 4.78 is 10.3. The number of benzene rings is 1. The number of guanidine groups is 1. The molecule has 160 valence electrons. The van der Waals surface area contributed by atoms with Gasteiger partial charge in [0.1, 0.15) is 5.75 Å². The molecule has 1 aliphatic heterocycles. The lowest BCUT2D eigenvalue weighted by atomic mass is 10.2. The van der Waals surface area contributed by atoms with Crippen LogP contribution in [0.1, 0.15) is 20.9 Å². The van der Waals surface area contributed by atoms with Crippen LogP contribution in [0.4, 0.5) is 0 Å². The van der Waals surface area contributed by atoms with Crippen molar-refractivity contribution in [1.29, 1.82) is 0 Å². The van der Waals surface area contributed by atoms with Crippen LogP contribution < -0.4 is 15.4 Å². The molecule has 0 atom stereocenters. The van der Waals surface area contributed by atoms with Gasteiger partial charge in [0, 0.05) is 51.9 Å². The number of rotatable bonds is 6. The lowest BCUT2D eigenvalue weighted by Crippen LogP contribution is -2.54. The second kappa shape index (κ2) is 10.3. The van der Waals surface area contributed by atoms with Crippen molar-refractivity contribution >= 4 is 17.8 Å². The summed E-state index contributed by atoms with van der Waals surface area (Å²) in [6.45, 7) is 3.50. The molecule has 2 amide bonds. The summed E-state index contributed by atoms with van der Waals surface area (Å²) in [7, 11) is 3.29. The van der Waals surface area contributed by atoms with Gasteiger partial charge in [0.05, 0.1) is 13.4 Å². The third kappa shape index (κ3) is 5.31. The van der Waals surface area contributed by atoms with Crippen LogP contribution in [0, 0.1) is 0 Å². The van der Waals surface area contributed by atoms with Crippen LogP contribution in [-0.4, -0.2) is 81.0 Å². The molecular weight excluding hydrogens is 386 g/mol. The van der Waals surface area contributed by atoms with Crippen LogP contribution in [0.5, 0.6) is 5.75 Å². The minimum absolute atomic E-state index is 0.0946. The first-order valence-electron chi connectivity index (χ1n) is 9.83. The minimum atomic E-state index is -0.157. The summed E-state index contributed by atoms with van der Waals surface area (Å²) in [5, 5.41) is 6.13. The Labute approximate surface area is 175 Å². The molecule has 0 radical (unpaired) electrons. The number of carbonyl (C=O) groups excluding carboxylic acids is 2. The van der Waals surface area contributed by atoms with E-state index in [-0.39, 0.29) is 11.8 Å². The summed E-state index contributed by atoms with van der Waals surface area (Å²) in [4.78, 5) is 32.8. The highest BCUT2D eigenvalue weighted by atomic mass is 16.5. The SMILES string of the molecule is CN=C(NCCNC(=O)c1cccc(OC)c1)N1CCN(C(=O)c2ccco2)CC1. The second-order valence-corrected chi connectivity index (χ2v) is 6.72. The highest BCUT2D eigenvalue weighted by Gasteiger charge is 2.25. The predicted octanol–water partition coefficient (Wildman–Crippen LogP) is 1.05. The first kappa shape index (κ1) is 21.2. The van der Waals surface area contributed by atoms with Gasteiger partial charge in [-0.25, -0.2) is 0 Å². The van der Waals surface area contributed by atoms with Crippen molar-refractivity contribution in [1.82, 2.24) is 20.4 Å². The third-order valence-corrected chi connectivity index (χ3v) is 4.84. The monoisotopic (exact) mass is 413 g/mol. The number of methoxy groups -OCH3 is 1. The quantitative estimate of drug-likeness (QED) is 0.417. The van der Waals surface area contributed by atoms with Gasteiger partial charge in [-0.2, -0.15) is 0 Å². The number of piperazine rings is 1. The molecule has 1 aliphatic rings. The molecule has 0 aliphatic carbocycles. The zero-order chi connectivity index (χ0) is 21.3. The van der Waals surface area contributed by atoms with Gasteiger partial charge in [-0.3, -0.25) is 14.6 Å². The fourth-order valence-electron chi connectivity index (χ4n) is 3.23. The van der Waals surface area contributed by atoms with Gasteiger partial charge in [-0.1, -0.05) is 6.07 Å². The van der Waals surface area contributed by atoms with Crippen molar-refractivity contribution in [2.45, 2.75) is 0 Å². The van der Waals surface area contributed by atoms with Gasteiger partial charge in [0.2, 0.25) is 0 Å². The van der Waals surface area contributed by atoms with Crippen molar-refractivity contribution in [3.05, 3.63) is 54.0 Å². The van der Waals surface area contributed by atoms with Crippen molar-refractivity contribution in [2.75, 3.05) is 53.4 Å². The number of nitrogens with zero attached hydrogens (tertiary/aromatic N) is 3. The number of nitrogens with one attached hydrogen (secondary N) is 2. The van der Waals surface area contributed by atoms with Crippen LogP contribution in [0.3, 0.4) is 0 Å². The molecule has 2 N–H and O–H groups in total. The molecule has 3 rings (SSSR count). The largest absolute Gasteiger partial charge is 0.497 e. The Morgan fingerprint density at radius 2 is 1.80 bits per heavy atom. The summed E-state index contributed by atoms with van der Waals surface area (Å²) in [5.74, 6) is 1.50. The van der Waals surface area contributed by atoms with E-state index in [2.05, 4.69) is 20.5 Å². The highest BCUT2D eigenvalue weighted by molar-refractivity contribution is 5.94. The minimum Gasteiger partial charge on any atom is -0.497 e. The lowest BCUT2D eigenvalue weighted by molar-refractivity contribution is 0.0657.